The lowest BCUT2D eigenvalue weighted by Crippen LogP contribution is -0.289. The van der Waals surface area contributed by atoms with E-state index in [0.29, 0.717) is 0 Å². The fourth-order valence-electron chi connectivity index (χ4n) is 0. The predicted molar refractivity (Wildman–Crippen MR) is 32.5 cm³/mol. The van der Waals surface area contributed by atoms with Gasteiger partial charge in [-0.3, -0.25) is 0 Å². The summed E-state index contributed by atoms with van der Waals surface area (Å²) in [5.41, 5.74) is 0. The molecule has 0 radical (unpaired) electrons. The van der Waals surface area contributed by atoms with Crippen LogP contribution in [0.15, 0.2) is 0 Å². The lowest BCUT2D eigenvalue weighted by molar-refractivity contribution is 0.824. The van der Waals surface area contributed by atoms with Gasteiger partial charge in [-0.25, -0.2) is 0 Å². The van der Waals surface area contributed by atoms with E-state index in [1.54, 1.807) is 0 Å². The normalized spacial score (nSPS) is 0. The average Bonchev–Trinajstić information content (AvgIpc) is 0. The molecule has 0 atom stereocenters. The molecule has 0 aliphatic rings. The maximum absolute atomic E-state index is 0. The molecule has 0 rings (SSSR count). The Bertz CT molecular complexity index is 6.00. The first-order chi connectivity index (χ1) is 0. The number of hydrogen-bond acceptors (Lipinski definition) is 0. The third-order valence-corrected chi connectivity index (χ3v) is 0. The first kappa shape index (κ1) is 134. The summed E-state index contributed by atoms with van der Waals surface area (Å²) in [5, 5.41) is 0. The zero-order chi connectivity index (χ0) is 0. The van der Waals surface area contributed by atoms with Gasteiger partial charge in [-0.15, -0.1) is 24.0 Å². The van der Waals surface area contributed by atoms with E-state index in [4.69, 9.17) is 0 Å². The molecule has 0 aromatic carbocycles. The highest BCUT2D eigenvalue weighted by atomic mass is 127. The highest BCUT2D eigenvalue weighted by Gasteiger charge is -0.0765. The van der Waals surface area contributed by atoms with Gasteiger partial charge in [0.15, 0.2) is 0 Å². The summed E-state index contributed by atoms with van der Waals surface area (Å²) in [5.74, 6) is 0. The SMILES string of the molecule is C.C.I.O. The molecule has 0 aromatic heterocycles. The number of hydrogen-bond donors (Lipinski definition) is 0. The van der Waals surface area contributed by atoms with Crippen molar-refractivity contribution in [3.8, 4) is 0 Å². The van der Waals surface area contributed by atoms with Crippen molar-refractivity contribution < 1.29 is 5.48 Å². The van der Waals surface area contributed by atoms with Crippen LogP contribution in [0, 0.1) is 0 Å². The number of rotatable bonds is 0. The Balaban J connectivity index is 0. The van der Waals surface area contributed by atoms with Crippen molar-refractivity contribution in [3.05, 3.63) is 0 Å². The zero-order valence-corrected chi connectivity index (χ0v) is 3.24. The van der Waals surface area contributed by atoms with E-state index >= 15 is 0 Å². The van der Waals surface area contributed by atoms with E-state index in [-0.39, 0.29) is 44.3 Å². The lowest BCUT2D eigenvalue weighted by atomic mass is 12.0. The van der Waals surface area contributed by atoms with Crippen LogP contribution in [0.5, 0.6) is 0 Å². The highest BCUT2D eigenvalue weighted by Crippen LogP contribution is 0.886. The zero-order valence-electron chi connectivity index (χ0n) is 0.908. The van der Waals surface area contributed by atoms with Crippen LogP contribution in [0.25, 0.3) is 0 Å². The van der Waals surface area contributed by atoms with Crippen molar-refractivity contribution in [2.45, 2.75) is 14.9 Å². The quantitative estimate of drug-likeness (QED) is 0.497. The molecule has 0 fully saturated rings. The van der Waals surface area contributed by atoms with Crippen LogP contribution in [-0.2, 0) is 0 Å². The monoisotopic (exact) mass is 178 g/mol. The van der Waals surface area contributed by atoms with E-state index in [2.05, 4.69) is 0 Å². The summed E-state index contributed by atoms with van der Waals surface area (Å²) in [6, 6.07) is 0. The van der Waals surface area contributed by atoms with Crippen molar-refractivity contribution >= 4 is 24.0 Å². The van der Waals surface area contributed by atoms with E-state index in [1.165, 1.54) is 0 Å². The minimum atomic E-state index is 0. The van der Waals surface area contributed by atoms with E-state index in [0.717, 1.165) is 0 Å². The molecule has 0 heterocycles. The van der Waals surface area contributed by atoms with Gasteiger partial charge in [-0.2, -0.15) is 0 Å². The Labute approximate surface area is 44.7 Å². The smallest absolute Gasteiger partial charge is 0.0776 e. The molecule has 0 aromatic rings. The second-order valence-corrected chi connectivity index (χ2v) is 0. The van der Waals surface area contributed by atoms with E-state index < -0.39 is 0 Å². The van der Waals surface area contributed by atoms with Gasteiger partial charge < -0.3 is 5.48 Å². The van der Waals surface area contributed by atoms with Crippen molar-refractivity contribution in [1.29, 1.82) is 0 Å². The largest absolute Gasteiger partial charge is 0.412 e. The number of halogens is 1. The van der Waals surface area contributed by atoms with Crippen LogP contribution in [0.1, 0.15) is 14.9 Å². The summed E-state index contributed by atoms with van der Waals surface area (Å²) in [4.78, 5) is 0. The third kappa shape index (κ3) is 16.1. The second kappa shape index (κ2) is 56.1. The molecule has 0 saturated heterocycles. The molecule has 32 valence electrons. The third-order valence-electron chi connectivity index (χ3n) is 0. The Morgan fingerprint density at radius 2 is 0.750 bits per heavy atom. The Hall–Kier alpha value is 0.690. The van der Waals surface area contributed by atoms with Crippen LogP contribution in [0.2, 0.25) is 0 Å². The molecular weight excluding hydrogens is 167 g/mol. The molecular formula is C2H11IO. The topological polar surface area (TPSA) is 31.5 Å². The highest BCUT2D eigenvalue weighted by molar-refractivity contribution is 14.0. The summed E-state index contributed by atoms with van der Waals surface area (Å²) in [6.45, 7) is 0. The molecule has 0 aliphatic heterocycles. The Kier molecular flexibility index (Phi) is 1880. The van der Waals surface area contributed by atoms with Gasteiger partial charge in [0.1, 0.15) is 0 Å². The van der Waals surface area contributed by atoms with Crippen LogP contribution < -0.4 is 0 Å². The molecule has 0 aliphatic carbocycles. The molecule has 0 bridgehead atoms. The molecule has 0 amide bonds. The fourth-order valence-corrected chi connectivity index (χ4v) is 0. The Morgan fingerprint density at radius 3 is 0.750 bits per heavy atom. The molecule has 1 nitrogen and oxygen atoms in total. The van der Waals surface area contributed by atoms with Gasteiger partial charge in [-0.05, 0) is 0 Å². The van der Waals surface area contributed by atoms with Crippen molar-refractivity contribution in [2.24, 2.45) is 0 Å². The summed E-state index contributed by atoms with van der Waals surface area (Å²) in [6.07, 6.45) is 0. The van der Waals surface area contributed by atoms with E-state index in [9.17, 15) is 0 Å². The van der Waals surface area contributed by atoms with Gasteiger partial charge in [0.25, 0.3) is 0 Å². The summed E-state index contributed by atoms with van der Waals surface area (Å²) in [7, 11) is 0. The van der Waals surface area contributed by atoms with Crippen LogP contribution in [0.4, 0.5) is 0 Å². The summed E-state index contributed by atoms with van der Waals surface area (Å²) >= 11 is 0. The van der Waals surface area contributed by atoms with Gasteiger partial charge in [0.05, 0.1) is 0 Å². The van der Waals surface area contributed by atoms with Crippen molar-refractivity contribution in [3.63, 3.8) is 0 Å². The van der Waals surface area contributed by atoms with E-state index in [1.807, 2.05) is 0 Å². The van der Waals surface area contributed by atoms with Crippen LogP contribution in [0.3, 0.4) is 0 Å². The maximum atomic E-state index is 0. The lowest BCUT2D eigenvalue weighted by Gasteiger charge is -0.412. The van der Waals surface area contributed by atoms with Crippen LogP contribution in [-0.4, -0.2) is 5.48 Å². The fraction of sp³-hybridized carbons (Fsp3) is 1.00. The first-order valence-electron chi connectivity index (χ1n) is 0. The molecule has 0 unspecified atom stereocenters. The van der Waals surface area contributed by atoms with Gasteiger partial charge >= 0.3 is 0 Å². The minimum absolute atomic E-state index is 0. The molecule has 4 heavy (non-hydrogen) atoms. The second-order valence-electron chi connectivity index (χ2n) is 0. The molecule has 2 N–H and O–H groups in total. The van der Waals surface area contributed by atoms with Crippen molar-refractivity contribution in [2.75, 3.05) is 0 Å². The molecule has 0 saturated carbocycles. The maximum Gasteiger partial charge on any atom is -0.0776 e. The van der Waals surface area contributed by atoms with Crippen LogP contribution >= 0.6 is 24.0 Å². The van der Waals surface area contributed by atoms with Gasteiger partial charge in [0, 0.05) is 0 Å². The molecule has 0 spiro atoms. The minimum Gasteiger partial charge on any atom is -0.412 e. The first-order valence-corrected chi connectivity index (χ1v) is 0. The van der Waals surface area contributed by atoms with Crippen molar-refractivity contribution in [1.82, 2.24) is 0 Å². The standard InChI is InChI=1S/2CH4.HI.H2O/h2*1H4;1H;1H2. The predicted octanol–water partition coefficient (Wildman–Crippen LogP) is 1.07. The average molecular weight is 178 g/mol. The van der Waals surface area contributed by atoms with Gasteiger partial charge in [-0.1, -0.05) is 14.9 Å². The Morgan fingerprint density at radius 1 is 0.750 bits per heavy atom. The van der Waals surface area contributed by atoms with Gasteiger partial charge in [0.2, 0.25) is 0 Å². The molecule has 2 heteroatoms. The summed E-state index contributed by atoms with van der Waals surface area (Å²) < 4.78 is 0.